The summed E-state index contributed by atoms with van der Waals surface area (Å²) in [6.45, 7) is 5.44. The van der Waals surface area contributed by atoms with Gasteiger partial charge in [-0.2, -0.15) is 0 Å². The molecule has 4 rings (SSSR count). The zero-order chi connectivity index (χ0) is 17.1. The van der Waals surface area contributed by atoms with Crippen LogP contribution in [0.4, 0.5) is 0 Å². The van der Waals surface area contributed by atoms with E-state index < -0.39 is 48.4 Å². The van der Waals surface area contributed by atoms with Crippen molar-refractivity contribution < 1.29 is 33.3 Å². The maximum Gasteiger partial charge on any atom is 0.350 e. The highest BCUT2D eigenvalue weighted by atomic mass is 16.8. The van der Waals surface area contributed by atoms with Crippen molar-refractivity contribution in [1.82, 2.24) is 0 Å². The van der Waals surface area contributed by atoms with Crippen LogP contribution in [0, 0.1) is 6.92 Å². The number of rotatable bonds is 2. The lowest BCUT2D eigenvalue weighted by Crippen LogP contribution is -2.37. The molecule has 0 aromatic heterocycles. The molecule has 0 bridgehead atoms. The first-order chi connectivity index (χ1) is 11.3. The van der Waals surface area contributed by atoms with Gasteiger partial charge >= 0.3 is 11.9 Å². The lowest BCUT2D eigenvalue weighted by molar-refractivity contribution is -0.214. The van der Waals surface area contributed by atoms with Crippen molar-refractivity contribution in [1.29, 1.82) is 0 Å². The van der Waals surface area contributed by atoms with Crippen molar-refractivity contribution in [2.24, 2.45) is 0 Å². The van der Waals surface area contributed by atoms with Crippen LogP contribution in [0.2, 0.25) is 0 Å². The average molecular weight is 334 g/mol. The van der Waals surface area contributed by atoms with E-state index >= 15 is 0 Å². The first kappa shape index (κ1) is 15.6. The Kier molecular flexibility index (Phi) is 3.42. The van der Waals surface area contributed by atoms with Crippen molar-refractivity contribution in [3.63, 3.8) is 0 Å². The highest BCUT2D eigenvalue weighted by molar-refractivity contribution is 5.92. The highest BCUT2D eigenvalue weighted by Gasteiger charge is 2.64. The summed E-state index contributed by atoms with van der Waals surface area (Å²) in [5.41, 5.74) is 1.39. The molecule has 7 nitrogen and oxygen atoms in total. The normalized spacial score (nSPS) is 36.1. The summed E-state index contributed by atoms with van der Waals surface area (Å²) in [5.74, 6) is -2.03. The number of carbonyl (C=O) groups excluding carboxylic acids is 2. The molecule has 0 amide bonds. The lowest BCUT2D eigenvalue weighted by atomic mass is 10.1. The highest BCUT2D eigenvalue weighted by Crippen LogP contribution is 2.43. The van der Waals surface area contributed by atoms with Gasteiger partial charge in [-0.05, 0) is 32.9 Å². The molecule has 0 spiro atoms. The van der Waals surface area contributed by atoms with Gasteiger partial charge in [0.25, 0.3) is 0 Å². The van der Waals surface area contributed by atoms with Crippen molar-refractivity contribution in [3.05, 3.63) is 35.4 Å². The van der Waals surface area contributed by atoms with Crippen molar-refractivity contribution >= 4 is 11.9 Å². The predicted octanol–water partition coefficient (Wildman–Crippen LogP) is 1.32. The van der Waals surface area contributed by atoms with Gasteiger partial charge < -0.3 is 23.7 Å². The number of hydrogen-bond donors (Lipinski definition) is 0. The maximum absolute atomic E-state index is 12.2. The lowest BCUT2D eigenvalue weighted by Gasteiger charge is -2.21. The molecule has 24 heavy (non-hydrogen) atoms. The Morgan fingerprint density at radius 3 is 2.50 bits per heavy atom. The molecule has 3 aliphatic rings. The van der Waals surface area contributed by atoms with Crippen molar-refractivity contribution in [2.45, 2.75) is 57.3 Å². The molecule has 3 fully saturated rings. The summed E-state index contributed by atoms with van der Waals surface area (Å²) in [6.07, 6.45) is -3.64. The van der Waals surface area contributed by atoms with Gasteiger partial charge in [0.1, 0.15) is 6.10 Å². The van der Waals surface area contributed by atoms with Gasteiger partial charge in [0, 0.05) is 0 Å². The first-order valence-corrected chi connectivity index (χ1v) is 7.83. The Morgan fingerprint density at radius 2 is 1.79 bits per heavy atom. The van der Waals surface area contributed by atoms with E-state index in [2.05, 4.69) is 0 Å². The number of ether oxygens (including phenoxy) is 5. The number of benzene rings is 1. The number of fused-ring (bicyclic) bond motifs is 3. The molecule has 5 atom stereocenters. The van der Waals surface area contributed by atoms with E-state index in [4.69, 9.17) is 23.7 Å². The van der Waals surface area contributed by atoms with Crippen LogP contribution in [0.1, 0.15) is 29.8 Å². The minimum Gasteiger partial charge on any atom is -0.454 e. The van der Waals surface area contributed by atoms with Gasteiger partial charge in [0.05, 0.1) is 5.56 Å². The second-order valence-corrected chi connectivity index (χ2v) is 6.66. The molecule has 0 saturated carbocycles. The summed E-state index contributed by atoms with van der Waals surface area (Å²) in [4.78, 5) is 24.3. The standard InChI is InChI=1S/C17H18O7/c1-8-4-6-9(7-5-8)14(18)21-12-10-11(20-15(12)19)13-16(22-10)24-17(2,3)23-13/h4-7,10-13,16H,1-3H3. The molecule has 1 aromatic carbocycles. The van der Waals surface area contributed by atoms with Gasteiger partial charge in [-0.25, -0.2) is 9.59 Å². The van der Waals surface area contributed by atoms with E-state index in [1.165, 1.54) is 0 Å². The van der Waals surface area contributed by atoms with E-state index in [1.807, 2.05) is 6.92 Å². The molecule has 0 N–H and O–H groups in total. The van der Waals surface area contributed by atoms with Gasteiger partial charge in [-0.3, -0.25) is 0 Å². The molecule has 0 radical (unpaired) electrons. The summed E-state index contributed by atoms with van der Waals surface area (Å²) in [6, 6.07) is 6.89. The van der Waals surface area contributed by atoms with Crippen LogP contribution in [0.25, 0.3) is 0 Å². The van der Waals surface area contributed by atoms with E-state index in [-0.39, 0.29) is 0 Å². The van der Waals surface area contributed by atoms with Gasteiger partial charge in [0.2, 0.25) is 6.10 Å². The third kappa shape index (κ3) is 2.49. The number of aryl methyl sites for hydroxylation is 1. The molecule has 1 aromatic rings. The topological polar surface area (TPSA) is 80.3 Å². The Bertz CT molecular complexity index is 681. The van der Waals surface area contributed by atoms with E-state index in [0.29, 0.717) is 5.56 Å². The summed E-state index contributed by atoms with van der Waals surface area (Å²) >= 11 is 0. The zero-order valence-corrected chi connectivity index (χ0v) is 13.6. The van der Waals surface area contributed by atoms with E-state index in [9.17, 15) is 9.59 Å². The molecule has 3 saturated heterocycles. The first-order valence-electron chi connectivity index (χ1n) is 7.83. The molecule has 128 valence electrons. The third-order valence-electron chi connectivity index (χ3n) is 4.33. The number of esters is 2. The van der Waals surface area contributed by atoms with E-state index in [1.54, 1.807) is 38.1 Å². The maximum atomic E-state index is 12.2. The van der Waals surface area contributed by atoms with Crippen LogP contribution in [-0.4, -0.2) is 48.4 Å². The Morgan fingerprint density at radius 1 is 1.08 bits per heavy atom. The summed E-state index contributed by atoms with van der Waals surface area (Å²) in [7, 11) is 0. The fraction of sp³-hybridized carbons (Fsp3) is 0.529. The van der Waals surface area contributed by atoms with Crippen LogP contribution >= 0.6 is 0 Å². The van der Waals surface area contributed by atoms with E-state index in [0.717, 1.165) is 5.56 Å². The minimum atomic E-state index is -1.12. The SMILES string of the molecule is Cc1ccc(C(=O)OC2C(=O)OC3C4OC(C)(C)OC4OC23)cc1. The Balaban J connectivity index is 1.48. The Labute approximate surface area is 138 Å². The molecule has 3 heterocycles. The molecular weight excluding hydrogens is 316 g/mol. The van der Waals surface area contributed by atoms with Crippen LogP contribution in [-0.2, 0) is 28.5 Å². The Hall–Kier alpha value is -1.96. The summed E-state index contributed by atoms with van der Waals surface area (Å²) in [5, 5.41) is 0. The van der Waals surface area contributed by atoms with Gasteiger partial charge in [-0.1, -0.05) is 17.7 Å². The third-order valence-corrected chi connectivity index (χ3v) is 4.33. The largest absolute Gasteiger partial charge is 0.454 e. The number of carbonyl (C=O) groups is 2. The molecule has 7 heteroatoms. The zero-order valence-electron chi connectivity index (χ0n) is 13.6. The van der Waals surface area contributed by atoms with Crippen LogP contribution < -0.4 is 0 Å². The molecule has 5 unspecified atom stereocenters. The fourth-order valence-electron chi connectivity index (χ4n) is 3.21. The summed E-state index contributed by atoms with van der Waals surface area (Å²) < 4.78 is 27.7. The monoisotopic (exact) mass is 334 g/mol. The van der Waals surface area contributed by atoms with Crippen molar-refractivity contribution in [3.8, 4) is 0 Å². The van der Waals surface area contributed by atoms with Gasteiger partial charge in [0.15, 0.2) is 24.3 Å². The van der Waals surface area contributed by atoms with Crippen LogP contribution in [0.3, 0.4) is 0 Å². The molecule has 0 aliphatic carbocycles. The van der Waals surface area contributed by atoms with Crippen LogP contribution in [0.5, 0.6) is 0 Å². The van der Waals surface area contributed by atoms with Crippen LogP contribution in [0.15, 0.2) is 24.3 Å². The molecule has 3 aliphatic heterocycles. The number of hydrogen-bond acceptors (Lipinski definition) is 7. The predicted molar refractivity (Wildman–Crippen MR) is 79.0 cm³/mol. The van der Waals surface area contributed by atoms with Crippen molar-refractivity contribution in [2.75, 3.05) is 0 Å². The second-order valence-electron chi connectivity index (χ2n) is 6.66. The fourth-order valence-corrected chi connectivity index (χ4v) is 3.21. The average Bonchev–Trinajstić information content (AvgIpc) is 3.08. The van der Waals surface area contributed by atoms with Gasteiger partial charge in [-0.15, -0.1) is 0 Å². The smallest absolute Gasteiger partial charge is 0.350 e. The minimum absolute atomic E-state index is 0.365. The second kappa shape index (κ2) is 5.27. The quantitative estimate of drug-likeness (QED) is 0.755. The molecular formula is C17H18O7.